The number of hydrogen-bond donors (Lipinski definition) is 2. The summed E-state index contributed by atoms with van der Waals surface area (Å²) in [6.07, 6.45) is 4.52. The number of nitrogens with one attached hydrogen (secondary N) is 2. The van der Waals surface area contributed by atoms with Gasteiger partial charge in [-0.05, 0) is 42.8 Å². The van der Waals surface area contributed by atoms with Gasteiger partial charge in [-0.2, -0.15) is 0 Å². The fourth-order valence-corrected chi connectivity index (χ4v) is 1.81. The molecule has 1 heterocycles. The van der Waals surface area contributed by atoms with E-state index in [1.54, 1.807) is 42.7 Å². The highest BCUT2D eigenvalue weighted by Gasteiger charge is 2.07. The summed E-state index contributed by atoms with van der Waals surface area (Å²) >= 11 is 0. The number of amides is 2. The Labute approximate surface area is 122 Å². The van der Waals surface area contributed by atoms with Gasteiger partial charge >= 0.3 is 0 Å². The molecule has 21 heavy (non-hydrogen) atoms. The second-order valence-corrected chi connectivity index (χ2v) is 4.50. The van der Waals surface area contributed by atoms with Crippen molar-refractivity contribution >= 4 is 29.3 Å². The highest BCUT2D eigenvalue weighted by atomic mass is 16.3. The quantitative estimate of drug-likeness (QED) is 0.847. The summed E-state index contributed by atoms with van der Waals surface area (Å²) in [4.78, 5) is 23.0. The Balaban J connectivity index is 2.08. The van der Waals surface area contributed by atoms with Crippen LogP contribution in [-0.4, -0.2) is 11.8 Å². The molecular formula is C16H16N2O3. The summed E-state index contributed by atoms with van der Waals surface area (Å²) in [5.41, 5.74) is 2.12. The Kier molecular flexibility index (Phi) is 4.56. The average molecular weight is 284 g/mol. The molecule has 2 aromatic rings. The molecule has 0 aliphatic heterocycles. The van der Waals surface area contributed by atoms with Crippen molar-refractivity contribution < 1.29 is 14.0 Å². The minimum absolute atomic E-state index is 0.153. The standard InChI is InChI=1S/C16H16N2O3/c1-11-14(17-12(2)19)6-3-7-15(11)18-16(20)9-8-13-5-4-10-21-13/h3-10H,1-2H3,(H,17,19)(H,18,20)/b9-8+. The molecule has 1 aromatic carbocycles. The lowest BCUT2D eigenvalue weighted by atomic mass is 10.1. The lowest BCUT2D eigenvalue weighted by molar-refractivity contribution is -0.114. The number of hydrogen-bond acceptors (Lipinski definition) is 3. The molecule has 0 unspecified atom stereocenters. The molecule has 0 saturated heterocycles. The van der Waals surface area contributed by atoms with Crippen LogP contribution in [0, 0.1) is 6.92 Å². The van der Waals surface area contributed by atoms with Crippen molar-refractivity contribution in [3.63, 3.8) is 0 Å². The van der Waals surface area contributed by atoms with Crippen molar-refractivity contribution in [3.05, 3.63) is 54.0 Å². The maximum Gasteiger partial charge on any atom is 0.248 e. The molecule has 0 spiro atoms. The molecule has 2 rings (SSSR count). The van der Waals surface area contributed by atoms with Gasteiger partial charge < -0.3 is 15.1 Å². The first kappa shape index (κ1) is 14.6. The van der Waals surface area contributed by atoms with E-state index in [2.05, 4.69) is 10.6 Å². The summed E-state index contributed by atoms with van der Waals surface area (Å²) in [7, 11) is 0. The molecule has 0 aliphatic rings. The zero-order valence-electron chi connectivity index (χ0n) is 11.8. The van der Waals surface area contributed by atoms with E-state index < -0.39 is 0 Å². The third kappa shape index (κ3) is 4.07. The lowest BCUT2D eigenvalue weighted by Crippen LogP contribution is -2.11. The van der Waals surface area contributed by atoms with E-state index in [1.807, 2.05) is 6.92 Å². The summed E-state index contributed by atoms with van der Waals surface area (Å²) < 4.78 is 5.11. The van der Waals surface area contributed by atoms with Crippen molar-refractivity contribution in [2.24, 2.45) is 0 Å². The van der Waals surface area contributed by atoms with Crippen molar-refractivity contribution in [1.82, 2.24) is 0 Å². The zero-order chi connectivity index (χ0) is 15.2. The molecule has 5 nitrogen and oxygen atoms in total. The predicted molar refractivity (Wildman–Crippen MR) is 81.9 cm³/mol. The Morgan fingerprint density at radius 2 is 1.81 bits per heavy atom. The predicted octanol–water partition coefficient (Wildman–Crippen LogP) is 3.20. The summed E-state index contributed by atoms with van der Waals surface area (Å²) in [6.45, 7) is 3.27. The fraction of sp³-hybridized carbons (Fsp3) is 0.125. The second-order valence-electron chi connectivity index (χ2n) is 4.50. The number of carbonyl (C=O) groups is 2. The van der Waals surface area contributed by atoms with Gasteiger partial charge in [0.05, 0.1) is 6.26 Å². The van der Waals surface area contributed by atoms with Crippen LogP contribution in [0.2, 0.25) is 0 Å². The van der Waals surface area contributed by atoms with Crippen LogP contribution < -0.4 is 10.6 Å². The van der Waals surface area contributed by atoms with Crippen molar-refractivity contribution in [3.8, 4) is 0 Å². The maximum atomic E-state index is 11.9. The van der Waals surface area contributed by atoms with Gasteiger partial charge in [-0.3, -0.25) is 9.59 Å². The van der Waals surface area contributed by atoms with Gasteiger partial charge in [0.25, 0.3) is 0 Å². The Morgan fingerprint density at radius 1 is 1.10 bits per heavy atom. The summed E-state index contributed by atoms with van der Waals surface area (Å²) in [5, 5.41) is 5.49. The first-order valence-corrected chi connectivity index (χ1v) is 6.46. The van der Waals surface area contributed by atoms with Crippen LogP contribution in [0.1, 0.15) is 18.2 Å². The molecule has 1 aromatic heterocycles. The normalized spacial score (nSPS) is 10.6. The first-order valence-electron chi connectivity index (χ1n) is 6.46. The van der Waals surface area contributed by atoms with Gasteiger partial charge in [0, 0.05) is 24.4 Å². The van der Waals surface area contributed by atoms with Gasteiger partial charge in [-0.15, -0.1) is 0 Å². The minimum Gasteiger partial charge on any atom is -0.465 e. The van der Waals surface area contributed by atoms with E-state index in [9.17, 15) is 9.59 Å². The number of carbonyl (C=O) groups excluding carboxylic acids is 2. The van der Waals surface area contributed by atoms with Crippen LogP contribution in [0.5, 0.6) is 0 Å². The smallest absolute Gasteiger partial charge is 0.248 e. The minimum atomic E-state index is -0.269. The highest BCUT2D eigenvalue weighted by molar-refractivity contribution is 6.03. The van der Waals surface area contributed by atoms with Crippen LogP contribution in [0.25, 0.3) is 6.08 Å². The monoisotopic (exact) mass is 284 g/mol. The van der Waals surface area contributed by atoms with E-state index in [-0.39, 0.29) is 11.8 Å². The zero-order valence-corrected chi connectivity index (χ0v) is 11.8. The molecule has 0 aliphatic carbocycles. The molecule has 0 fully saturated rings. The molecule has 0 saturated carbocycles. The largest absolute Gasteiger partial charge is 0.465 e. The number of anilines is 2. The van der Waals surface area contributed by atoms with Gasteiger partial charge in [0.1, 0.15) is 5.76 Å². The third-order valence-corrected chi connectivity index (χ3v) is 2.84. The summed E-state index contributed by atoms with van der Waals surface area (Å²) in [6, 6.07) is 8.83. The van der Waals surface area contributed by atoms with E-state index in [4.69, 9.17) is 4.42 Å². The van der Waals surface area contributed by atoms with E-state index in [1.165, 1.54) is 13.0 Å². The fourth-order valence-electron chi connectivity index (χ4n) is 1.81. The highest BCUT2D eigenvalue weighted by Crippen LogP contribution is 2.23. The SMILES string of the molecule is CC(=O)Nc1cccc(NC(=O)/C=C/c2ccco2)c1C. The average Bonchev–Trinajstić information content (AvgIpc) is 2.94. The third-order valence-electron chi connectivity index (χ3n) is 2.84. The van der Waals surface area contributed by atoms with Crippen LogP contribution in [0.15, 0.2) is 47.1 Å². The van der Waals surface area contributed by atoms with Gasteiger partial charge in [0.15, 0.2) is 0 Å². The van der Waals surface area contributed by atoms with Crippen LogP contribution in [-0.2, 0) is 9.59 Å². The number of rotatable bonds is 4. The second kappa shape index (κ2) is 6.56. The molecular weight excluding hydrogens is 268 g/mol. The molecule has 2 N–H and O–H groups in total. The Hall–Kier alpha value is -2.82. The van der Waals surface area contributed by atoms with Crippen LogP contribution >= 0.6 is 0 Å². The van der Waals surface area contributed by atoms with Gasteiger partial charge in [-0.25, -0.2) is 0 Å². The van der Waals surface area contributed by atoms with Gasteiger partial charge in [0.2, 0.25) is 11.8 Å². The van der Waals surface area contributed by atoms with Crippen molar-refractivity contribution in [2.75, 3.05) is 10.6 Å². The summed E-state index contributed by atoms with van der Waals surface area (Å²) in [5.74, 6) is 0.183. The van der Waals surface area contributed by atoms with E-state index in [0.717, 1.165) is 5.56 Å². The van der Waals surface area contributed by atoms with Gasteiger partial charge in [-0.1, -0.05) is 6.07 Å². The molecule has 0 atom stereocenters. The lowest BCUT2D eigenvalue weighted by Gasteiger charge is -2.11. The molecule has 0 bridgehead atoms. The number of benzene rings is 1. The number of furan rings is 1. The Morgan fingerprint density at radius 3 is 2.43 bits per heavy atom. The van der Waals surface area contributed by atoms with Crippen LogP contribution in [0.3, 0.4) is 0 Å². The maximum absolute atomic E-state index is 11.9. The molecule has 0 radical (unpaired) electrons. The van der Waals surface area contributed by atoms with E-state index >= 15 is 0 Å². The molecule has 2 amide bonds. The van der Waals surface area contributed by atoms with Crippen molar-refractivity contribution in [2.45, 2.75) is 13.8 Å². The molecule has 108 valence electrons. The first-order chi connectivity index (χ1) is 10.1. The van der Waals surface area contributed by atoms with Crippen LogP contribution in [0.4, 0.5) is 11.4 Å². The van der Waals surface area contributed by atoms with E-state index in [0.29, 0.717) is 17.1 Å². The topological polar surface area (TPSA) is 71.3 Å². The molecule has 5 heteroatoms. The van der Waals surface area contributed by atoms with Crippen molar-refractivity contribution in [1.29, 1.82) is 0 Å². The Bertz CT molecular complexity index is 673.